The SMILES string of the molecule is CNC(=N)N[SH](=O)=O. The molecule has 0 unspecified atom stereocenters. The number of rotatable bonds is 1. The summed E-state index contributed by atoms with van der Waals surface area (Å²) in [5, 5.41) is 8.95. The van der Waals surface area contributed by atoms with Gasteiger partial charge >= 0.3 is 0 Å². The molecule has 0 bridgehead atoms. The number of hydrogen-bond acceptors (Lipinski definition) is 3. The number of nitrogens with one attached hydrogen (secondary N) is 3. The lowest BCUT2D eigenvalue weighted by atomic mass is 11.0. The predicted octanol–water partition coefficient (Wildman–Crippen LogP) is -1.74. The first-order chi connectivity index (χ1) is 3.66. The van der Waals surface area contributed by atoms with Gasteiger partial charge in [0.2, 0.25) is 16.8 Å². The Morgan fingerprint density at radius 3 is 2.25 bits per heavy atom. The van der Waals surface area contributed by atoms with E-state index in [-0.39, 0.29) is 5.96 Å². The van der Waals surface area contributed by atoms with Crippen LogP contribution in [-0.4, -0.2) is 21.4 Å². The van der Waals surface area contributed by atoms with Gasteiger partial charge in [-0.25, -0.2) is 8.42 Å². The monoisotopic (exact) mass is 137 g/mol. The highest BCUT2D eigenvalue weighted by molar-refractivity contribution is 7.71. The van der Waals surface area contributed by atoms with E-state index in [1.807, 2.05) is 4.72 Å². The summed E-state index contributed by atoms with van der Waals surface area (Å²) in [4.78, 5) is 0. The van der Waals surface area contributed by atoms with Gasteiger partial charge in [-0.15, -0.1) is 0 Å². The van der Waals surface area contributed by atoms with Gasteiger partial charge in [-0.2, -0.15) is 0 Å². The van der Waals surface area contributed by atoms with Crippen LogP contribution < -0.4 is 10.0 Å². The van der Waals surface area contributed by atoms with E-state index in [0.29, 0.717) is 0 Å². The molecule has 0 aromatic carbocycles. The molecule has 0 saturated carbocycles. The van der Waals surface area contributed by atoms with Crippen LogP contribution in [0.5, 0.6) is 0 Å². The molecule has 3 N–H and O–H groups in total. The number of guanidine groups is 1. The standard InChI is InChI=1S/C2H7N3O2S/c1-4-2(3)5-8(6)7/h8H,1H3,(H3,3,4,5,6,7). The minimum absolute atomic E-state index is 0.221. The minimum Gasteiger partial charge on any atom is -0.359 e. The van der Waals surface area contributed by atoms with Crippen LogP contribution in [0.15, 0.2) is 0 Å². The second-order valence-electron chi connectivity index (χ2n) is 0.994. The van der Waals surface area contributed by atoms with E-state index in [1.54, 1.807) is 0 Å². The highest BCUT2D eigenvalue weighted by Crippen LogP contribution is 1.52. The maximum absolute atomic E-state index is 9.71. The lowest BCUT2D eigenvalue weighted by Crippen LogP contribution is -2.32. The molecule has 6 heteroatoms. The van der Waals surface area contributed by atoms with Crippen LogP contribution >= 0.6 is 0 Å². The third-order valence-electron chi connectivity index (χ3n) is 0.453. The second-order valence-corrected chi connectivity index (χ2v) is 1.73. The van der Waals surface area contributed by atoms with Crippen molar-refractivity contribution in [3.63, 3.8) is 0 Å². The zero-order chi connectivity index (χ0) is 6.57. The van der Waals surface area contributed by atoms with Gasteiger partial charge in [0.1, 0.15) is 0 Å². The van der Waals surface area contributed by atoms with Gasteiger partial charge < -0.3 is 5.32 Å². The topological polar surface area (TPSA) is 82.1 Å². The first-order valence-electron chi connectivity index (χ1n) is 1.84. The summed E-state index contributed by atoms with van der Waals surface area (Å²) in [5.41, 5.74) is 0. The lowest BCUT2D eigenvalue weighted by molar-refractivity contribution is 0.611. The van der Waals surface area contributed by atoms with Crippen LogP contribution in [0.3, 0.4) is 0 Å². The summed E-state index contributed by atoms with van der Waals surface area (Å²) in [6, 6.07) is 0. The average Bonchev–Trinajstić information content (AvgIpc) is 1.65. The Kier molecular flexibility index (Phi) is 2.93. The fourth-order valence-corrected chi connectivity index (χ4v) is 0.442. The molecule has 0 amide bonds. The summed E-state index contributed by atoms with van der Waals surface area (Å²) in [5.74, 6) is -0.221. The van der Waals surface area contributed by atoms with E-state index in [1.165, 1.54) is 7.05 Å². The maximum atomic E-state index is 9.71. The van der Waals surface area contributed by atoms with Crippen molar-refractivity contribution >= 4 is 16.8 Å². The van der Waals surface area contributed by atoms with Crippen molar-refractivity contribution < 1.29 is 8.42 Å². The van der Waals surface area contributed by atoms with E-state index >= 15 is 0 Å². The molecule has 0 aromatic rings. The van der Waals surface area contributed by atoms with Gasteiger partial charge in [0, 0.05) is 7.05 Å². The zero-order valence-corrected chi connectivity index (χ0v) is 5.16. The van der Waals surface area contributed by atoms with Crippen molar-refractivity contribution in [2.24, 2.45) is 0 Å². The molecule has 0 aliphatic heterocycles. The Morgan fingerprint density at radius 1 is 1.62 bits per heavy atom. The molecule has 0 atom stereocenters. The van der Waals surface area contributed by atoms with Crippen LogP contribution in [0.2, 0.25) is 0 Å². The Morgan fingerprint density at radius 2 is 2.12 bits per heavy atom. The Hall–Kier alpha value is -0.780. The first kappa shape index (κ1) is 7.22. The molecule has 0 rings (SSSR count). The van der Waals surface area contributed by atoms with Crippen LogP contribution in [0.1, 0.15) is 0 Å². The maximum Gasteiger partial charge on any atom is 0.224 e. The highest BCUT2D eigenvalue weighted by Gasteiger charge is 1.85. The number of thiol groups is 1. The summed E-state index contributed by atoms with van der Waals surface area (Å²) < 4.78 is 21.2. The summed E-state index contributed by atoms with van der Waals surface area (Å²) in [7, 11) is -1.23. The van der Waals surface area contributed by atoms with Gasteiger partial charge in [-0.1, -0.05) is 0 Å². The quantitative estimate of drug-likeness (QED) is 0.197. The fraction of sp³-hybridized carbons (Fsp3) is 0.500. The van der Waals surface area contributed by atoms with Crippen molar-refractivity contribution in [1.82, 2.24) is 10.0 Å². The first-order valence-corrected chi connectivity index (χ1v) is 3.02. The van der Waals surface area contributed by atoms with E-state index in [2.05, 4.69) is 5.32 Å². The Bertz CT molecular complexity index is 143. The largest absolute Gasteiger partial charge is 0.359 e. The summed E-state index contributed by atoms with van der Waals surface area (Å²) in [6.45, 7) is 0. The van der Waals surface area contributed by atoms with Crippen molar-refractivity contribution in [2.75, 3.05) is 7.05 Å². The second kappa shape index (κ2) is 3.25. The van der Waals surface area contributed by atoms with E-state index in [4.69, 9.17) is 5.41 Å². The Labute approximate surface area is 48.7 Å². The molecular formula is C2H7N3O2S. The number of hydrogen-bond donors (Lipinski definition) is 4. The van der Waals surface area contributed by atoms with Crippen molar-refractivity contribution in [3.8, 4) is 0 Å². The normalized spacial score (nSPS) is 8.75. The highest BCUT2D eigenvalue weighted by atomic mass is 32.2. The Balaban J connectivity index is 3.56. The molecule has 0 aliphatic rings. The molecule has 0 radical (unpaired) electrons. The third-order valence-corrected chi connectivity index (χ3v) is 0.859. The molecule has 5 nitrogen and oxygen atoms in total. The lowest BCUT2D eigenvalue weighted by Gasteiger charge is -1.95. The average molecular weight is 137 g/mol. The van der Waals surface area contributed by atoms with Crippen molar-refractivity contribution in [2.45, 2.75) is 0 Å². The molecular weight excluding hydrogens is 130 g/mol. The van der Waals surface area contributed by atoms with E-state index < -0.39 is 10.9 Å². The van der Waals surface area contributed by atoms with Crippen LogP contribution in [0, 0.1) is 5.41 Å². The van der Waals surface area contributed by atoms with Gasteiger partial charge in [-0.3, -0.25) is 10.1 Å². The van der Waals surface area contributed by atoms with Crippen LogP contribution in [0.25, 0.3) is 0 Å². The molecule has 8 heavy (non-hydrogen) atoms. The molecule has 0 aliphatic carbocycles. The zero-order valence-electron chi connectivity index (χ0n) is 4.26. The van der Waals surface area contributed by atoms with Gasteiger partial charge in [0.15, 0.2) is 0 Å². The molecule has 0 aromatic heterocycles. The summed E-state index contributed by atoms with van der Waals surface area (Å²) >= 11 is 0. The molecule has 0 fully saturated rings. The molecule has 48 valence electrons. The molecule has 0 saturated heterocycles. The fourth-order valence-electron chi connectivity index (χ4n) is 0.147. The molecule has 0 spiro atoms. The van der Waals surface area contributed by atoms with E-state index in [0.717, 1.165) is 0 Å². The van der Waals surface area contributed by atoms with Crippen LogP contribution in [-0.2, 0) is 10.9 Å². The smallest absolute Gasteiger partial charge is 0.224 e. The van der Waals surface area contributed by atoms with Gasteiger partial charge in [-0.05, 0) is 0 Å². The van der Waals surface area contributed by atoms with Crippen molar-refractivity contribution in [1.29, 1.82) is 5.41 Å². The van der Waals surface area contributed by atoms with Crippen molar-refractivity contribution in [3.05, 3.63) is 0 Å². The third kappa shape index (κ3) is 3.41. The van der Waals surface area contributed by atoms with E-state index in [9.17, 15) is 8.42 Å². The minimum atomic E-state index is -2.68. The predicted molar refractivity (Wildman–Crippen MR) is 30.2 cm³/mol. The van der Waals surface area contributed by atoms with Crippen LogP contribution in [0.4, 0.5) is 0 Å². The summed E-state index contributed by atoms with van der Waals surface area (Å²) in [6.07, 6.45) is 0. The van der Waals surface area contributed by atoms with Gasteiger partial charge in [0.25, 0.3) is 0 Å². The molecule has 0 heterocycles. The van der Waals surface area contributed by atoms with Gasteiger partial charge in [0.05, 0.1) is 0 Å².